The maximum atomic E-state index is 12.1. The third-order valence-electron chi connectivity index (χ3n) is 9.35. The fourth-order valence-corrected chi connectivity index (χ4v) is 6.77. The van der Waals surface area contributed by atoms with Crippen LogP contribution in [0.1, 0.15) is 206 Å². The van der Waals surface area contributed by atoms with Crippen LogP contribution in [0.25, 0.3) is 0 Å². The van der Waals surface area contributed by atoms with Crippen molar-refractivity contribution >= 4 is 19.7 Å². The number of carbonyl (C=O) groups excluding carboxylic acids is 2. The largest absolute Gasteiger partial charge is 0.472 e. The quantitative estimate of drug-likeness (QED) is 0.0242. The molecule has 0 aromatic heterocycles. The highest BCUT2D eigenvalue weighted by Crippen LogP contribution is 2.42. The van der Waals surface area contributed by atoms with E-state index in [0.29, 0.717) is 6.42 Å². The highest BCUT2D eigenvalue weighted by atomic mass is 31.2. The van der Waals surface area contributed by atoms with Crippen molar-refractivity contribution in [2.24, 2.45) is 0 Å². The summed E-state index contributed by atoms with van der Waals surface area (Å²) in [4.78, 5) is 33.9. The number of carbonyl (C=O) groups is 2. The molecule has 10 heteroatoms. The first-order valence-corrected chi connectivity index (χ1v) is 23.3. The van der Waals surface area contributed by atoms with E-state index in [2.05, 4.69) is 43.5 Å². The van der Waals surface area contributed by atoms with Crippen LogP contribution in [0.15, 0.2) is 24.3 Å². The van der Waals surface area contributed by atoms with Gasteiger partial charge >= 0.3 is 13.8 Å². The molecule has 0 bridgehead atoms. The Bertz CT molecular complexity index is 928. The molecule has 0 heterocycles. The summed E-state index contributed by atoms with van der Waals surface area (Å²) in [6.45, 7) is 3.53. The van der Waals surface area contributed by atoms with Crippen LogP contribution in [-0.2, 0) is 27.9 Å². The molecule has 3 N–H and O–H groups in total. The van der Waals surface area contributed by atoms with Crippen molar-refractivity contribution in [3.8, 4) is 0 Å². The van der Waals surface area contributed by atoms with Crippen LogP contribution in [0.5, 0.6) is 0 Å². The number of phosphoric ester groups is 1. The number of rotatable bonds is 41. The standard InChI is InChI=1S/C43H82NO8P/c1-3-5-7-9-11-13-15-17-18-19-20-21-22-24-25-27-29-31-33-35-42(46)44-37-38-51-53(48,49)52-40-41(45)39-50-43(47)36-34-32-30-28-26-23-16-14-12-10-8-6-4-2/h14,16-18,41,45H,3-13,15,19-40H2,1-2H3,(H,44,46)(H,48,49)/b16-14-,18-17+. The lowest BCUT2D eigenvalue weighted by Gasteiger charge is -2.15. The van der Waals surface area contributed by atoms with E-state index in [4.69, 9.17) is 13.8 Å². The summed E-state index contributed by atoms with van der Waals surface area (Å²) >= 11 is 0. The Morgan fingerprint density at radius 1 is 0.566 bits per heavy atom. The molecule has 0 spiro atoms. The van der Waals surface area contributed by atoms with Gasteiger partial charge in [0.05, 0.1) is 13.2 Å². The summed E-state index contributed by atoms with van der Waals surface area (Å²) in [5.41, 5.74) is 0. The van der Waals surface area contributed by atoms with Gasteiger partial charge in [-0.2, -0.15) is 0 Å². The summed E-state index contributed by atoms with van der Waals surface area (Å²) in [6, 6.07) is 0. The SMILES string of the molecule is CCCCCC/C=C\CCCCCCCC(=O)OCC(O)COP(=O)(O)OCCNC(=O)CCCCCCCCCCC/C=C/CCCCCCCC. The Morgan fingerprint density at radius 3 is 1.43 bits per heavy atom. The van der Waals surface area contributed by atoms with E-state index in [-0.39, 0.29) is 32.1 Å². The molecule has 0 aliphatic heterocycles. The number of hydrogen-bond donors (Lipinski definition) is 3. The molecule has 1 amide bonds. The second kappa shape index (κ2) is 40.2. The van der Waals surface area contributed by atoms with Crippen LogP contribution in [0.4, 0.5) is 0 Å². The summed E-state index contributed by atoms with van der Waals surface area (Å²) in [5, 5.41) is 12.7. The van der Waals surface area contributed by atoms with Crippen LogP contribution in [0.2, 0.25) is 0 Å². The average Bonchev–Trinajstić information content (AvgIpc) is 3.14. The van der Waals surface area contributed by atoms with Crippen molar-refractivity contribution < 1.29 is 37.9 Å². The third kappa shape index (κ3) is 41.5. The highest BCUT2D eigenvalue weighted by Gasteiger charge is 2.23. The molecule has 0 rings (SSSR count). The van der Waals surface area contributed by atoms with Gasteiger partial charge in [0.2, 0.25) is 5.91 Å². The van der Waals surface area contributed by atoms with Crippen LogP contribution < -0.4 is 5.32 Å². The Balaban J connectivity index is 3.58. The molecule has 0 saturated heterocycles. The molecule has 0 fully saturated rings. The molecule has 0 aromatic carbocycles. The average molecular weight is 772 g/mol. The smallest absolute Gasteiger partial charge is 0.463 e. The first kappa shape index (κ1) is 51.5. The maximum Gasteiger partial charge on any atom is 0.472 e. The van der Waals surface area contributed by atoms with Gasteiger partial charge in [0.15, 0.2) is 0 Å². The zero-order valence-corrected chi connectivity index (χ0v) is 35.1. The van der Waals surface area contributed by atoms with Gasteiger partial charge in [0, 0.05) is 19.4 Å². The van der Waals surface area contributed by atoms with Crippen molar-refractivity contribution in [1.29, 1.82) is 0 Å². The summed E-state index contributed by atoms with van der Waals surface area (Å²) in [7, 11) is -4.41. The van der Waals surface area contributed by atoms with Gasteiger partial charge in [0.25, 0.3) is 0 Å². The van der Waals surface area contributed by atoms with Crippen molar-refractivity contribution in [3.05, 3.63) is 24.3 Å². The van der Waals surface area contributed by atoms with Crippen molar-refractivity contribution in [3.63, 3.8) is 0 Å². The minimum Gasteiger partial charge on any atom is -0.463 e. The van der Waals surface area contributed by atoms with Gasteiger partial charge in [-0.25, -0.2) is 4.57 Å². The molecule has 0 radical (unpaired) electrons. The lowest BCUT2D eigenvalue weighted by Crippen LogP contribution is -2.27. The van der Waals surface area contributed by atoms with Gasteiger partial charge in [-0.15, -0.1) is 0 Å². The molecule has 0 saturated carbocycles. The molecule has 2 atom stereocenters. The first-order valence-electron chi connectivity index (χ1n) is 21.8. The Hall–Kier alpha value is -1.51. The van der Waals surface area contributed by atoms with E-state index in [1.54, 1.807) is 0 Å². The molecule has 2 unspecified atom stereocenters. The lowest BCUT2D eigenvalue weighted by molar-refractivity contribution is -0.147. The number of allylic oxidation sites excluding steroid dienone is 4. The van der Waals surface area contributed by atoms with Gasteiger partial charge in [-0.1, -0.05) is 154 Å². The molecule has 9 nitrogen and oxygen atoms in total. The second-order valence-electron chi connectivity index (χ2n) is 14.7. The monoisotopic (exact) mass is 772 g/mol. The van der Waals surface area contributed by atoms with Gasteiger partial charge < -0.3 is 20.1 Å². The van der Waals surface area contributed by atoms with Gasteiger partial charge in [-0.05, 0) is 64.2 Å². The Kier molecular flexibility index (Phi) is 39.0. The summed E-state index contributed by atoms with van der Waals surface area (Å²) < 4.78 is 26.8. The maximum absolute atomic E-state index is 12.1. The first-order chi connectivity index (χ1) is 25.8. The van der Waals surface area contributed by atoms with Crippen molar-refractivity contribution in [2.75, 3.05) is 26.4 Å². The van der Waals surface area contributed by atoms with E-state index < -0.39 is 26.5 Å². The number of phosphoric acid groups is 1. The lowest BCUT2D eigenvalue weighted by atomic mass is 10.1. The number of amides is 1. The third-order valence-corrected chi connectivity index (χ3v) is 10.3. The summed E-state index contributed by atoms with van der Waals surface area (Å²) in [5.74, 6) is -0.524. The van der Waals surface area contributed by atoms with Crippen LogP contribution in [0.3, 0.4) is 0 Å². The molecular formula is C43H82NO8P. The van der Waals surface area contributed by atoms with Crippen molar-refractivity contribution in [2.45, 2.75) is 213 Å². The molecule has 0 aromatic rings. The number of ether oxygens (including phenoxy) is 1. The molecular weight excluding hydrogens is 689 g/mol. The predicted octanol–water partition coefficient (Wildman–Crippen LogP) is 12.0. The van der Waals surface area contributed by atoms with E-state index in [1.807, 2.05) is 0 Å². The Labute approximate surface area is 325 Å². The summed E-state index contributed by atoms with van der Waals surface area (Å²) in [6.07, 6.45) is 42.5. The number of aliphatic hydroxyl groups is 1. The predicted molar refractivity (Wildman–Crippen MR) is 220 cm³/mol. The van der Waals surface area contributed by atoms with E-state index in [1.165, 1.54) is 122 Å². The minimum absolute atomic E-state index is 0.0814. The van der Waals surface area contributed by atoms with Gasteiger partial charge in [0.1, 0.15) is 12.7 Å². The topological polar surface area (TPSA) is 131 Å². The zero-order chi connectivity index (χ0) is 38.9. The number of nitrogens with one attached hydrogen (secondary N) is 1. The highest BCUT2D eigenvalue weighted by molar-refractivity contribution is 7.47. The van der Waals surface area contributed by atoms with Crippen LogP contribution in [-0.4, -0.2) is 54.3 Å². The van der Waals surface area contributed by atoms with Crippen LogP contribution >= 0.6 is 7.82 Å². The number of aliphatic hydroxyl groups excluding tert-OH is 1. The van der Waals surface area contributed by atoms with E-state index >= 15 is 0 Å². The van der Waals surface area contributed by atoms with E-state index in [0.717, 1.165) is 57.8 Å². The van der Waals surface area contributed by atoms with Crippen molar-refractivity contribution in [1.82, 2.24) is 5.32 Å². The van der Waals surface area contributed by atoms with Gasteiger partial charge in [-0.3, -0.25) is 18.6 Å². The number of esters is 1. The molecule has 312 valence electrons. The molecule has 0 aliphatic rings. The molecule has 0 aliphatic carbocycles. The van der Waals surface area contributed by atoms with E-state index in [9.17, 15) is 24.2 Å². The number of unbranched alkanes of at least 4 members (excludes halogenated alkanes) is 24. The fourth-order valence-electron chi connectivity index (χ4n) is 6.02. The fraction of sp³-hybridized carbons (Fsp3) is 0.860. The Morgan fingerprint density at radius 2 is 0.962 bits per heavy atom. The zero-order valence-electron chi connectivity index (χ0n) is 34.2. The van der Waals surface area contributed by atoms with Crippen LogP contribution in [0, 0.1) is 0 Å². The number of hydrogen-bond acceptors (Lipinski definition) is 7. The normalized spacial score (nSPS) is 13.5. The molecule has 53 heavy (non-hydrogen) atoms. The second-order valence-corrected chi connectivity index (χ2v) is 16.1. The minimum atomic E-state index is -4.41.